The van der Waals surface area contributed by atoms with Crippen molar-refractivity contribution in [2.75, 3.05) is 6.54 Å². The van der Waals surface area contributed by atoms with Gasteiger partial charge in [-0.15, -0.1) is 0 Å². The van der Waals surface area contributed by atoms with Crippen LogP contribution in [-0.2, 0) is 11.2 Å². The van der Waals surface area contributed by atoms with Crippen LogP contribution in [0.2, 0.25) is 0 Å². The zero-order valence-electron chi connectivity index (χ0n) is 11.7. The Morgan fingerprint density at radius 1 is 1.43 bits per heavy atom. The molecule has 3 rings (SSSR count). The number of nitrogens with one attached hydrogen (secondary N) is 1. The van der Waals surface area contributed by atoms with Crippen LogP contribution >= 0.6 is 0 Å². The number of carbonyl (C=O) groups excluding carboxylic acids is 1. The van der Waals surface area contributed by atoms with Gasteiger partial charge in [0.1, 0.15) is 0 Å². The van der Waals surface area contributed by atoms with Crippen LogP contribution < -0.4 is 5.32 Å². The topological polar surface area (TPSA) is 82.5 Å². The summed E-state index contributed by atoms with van der Waals surface area (Å²) in [5, 5.41) is 12.1. The van der Waals surface area contributed by atoms with Crippen molar-refractivity contribution < 1.29 is 14.7 Å². The fourth-order valence-corrected chi connectivity index (χ4v) is 3.52. The minimum Gasteiger partial charge on any atom is -0.481 e. The molecular formula is C15H19N3O3. The first-order valence-corrected chi connectivity index (χ1v) is 7.34. The molecule has 2 fully saturated rings. The molecular weight excluding hydrogens is 270 g/mol. The molecule has 1 aromatic heterocycles. The lowest BCUT2D eigenvalue weighted by Crippen LogP contribution is -2.44. The summed E-state index contributed by atoms with van der Waals surface area (Å²) in [7, 11) is 0. The van der Waals surface area contributed by atoms with E-state index in [4.69, 9.17) is 0 Å². The Balaban J connectivity index is 1.53. The molecule has 2 bridgehead atoms. The van der Waals surface area contributed by atoms with Gasteiger partial charge >= 0.3 is 12.0 Å². The standard InChI is InChI=1S/C15H19N3O3/c19-14(20)12-8-11-3-4-13(12)18(11)15(21)17-7-5-10-2-1-6-16-9-10/h1-2,6,9,11-13H,3-5,7-8H2,(H,17,21)(H,19,20). The molecule has 6 heteroatoms. The Kier molecular flexibility index (Phi) is 3.77. The third-order valence-corrected chi connectivity index (χ3v) is 4.50. The number of carboxylic acids is 1. The normalized spacial score (nSPS) is 26.9. The number of aliphatic carboxylic acids is 1. The molecule has 0 aliphatic carbocycles. The number of rotatable bonds is 4. The number of urea groups is 1. The van der Waals surface area contributed by atoms with Crippen LogP contribution in [0.4, 0.5) is 4.79 Å². The second kappa shape index (κ2) is 5.71. The fraction of sp³-hybridized carbons (Fsp3) is 0.533. The number of pyridine rings is 1. The minimum atomic E-state index is -0.782. The molecule has 21 heavy (non-hydrogen) atoms. The number of fused-ring (bicyclic) bond motifs is 2. The van der Waals surface area contributed by atoms with Crippen LogP contribution in [0.15, 0.2) is 24.5 Å². The number of hydrogen-bond donors (Lipinski definition) is 2. The predicted octanol–water partition coefficient (Wildman–Crippen LogP) is 1.27. The molecule has 2 aliphatic heterocycles. The fourth-order valence-electron chi connectivity index (χ4n) is 3.52. The van der Waals surface area contributed by atoms with Crippen molar-refractivity contribution >= 4 is 12.0 Å². The molecule has 3 atom stereocenters. The Morgan fingerprint density at radius 2 is 2.29 bits per heavy atom. The Morgan fingerprint density at radius 3 is 2.95 bits per heavy atom. The Labute approximate surface area is 123 Å². The van der Waals surface area contributed by atoms with Gasteiger partial charge in [-0.05, 0) is 37.3 Å². The van der Waals surface area contributed by atoms with Gasteiger partial charge in [-0.2, -0.15) is 0 Å². The average molecular weight is 289 g/mol. The summed E-state index contributed by atoms with van der Waals surface area (Å²) in [5.41, 5.74) is 1.07. The maximum Gasteiger partial charge on any atom is 0.317 e. The molecule has 1 aromatic rings. The van der Waals surface area contributed by atoms with Gasteiger partial charge in [0.05, 0.1) is 5.92 Å². The Bertz CT molecular complexity index is 534. The number of amides is 2. The summed E-state index contributed by atoms with van der Waals surface area (Å²) < 4.78 is 0. The highest BCUT2D eigenvalue weighted by Crippen LogP contribution is 2.41. The van der Waals surface area contributed by atoms with E-state index >= 15 is 0 Å². The Hall–Kier alpha value is -2.11. The first kappa shape index (κ1) is 13.9. The molecule has 0 aromatic carbocycles. The quantitative estimate of drug-likeness (QED) is 0.874. The van der Waals surface area contributed by atoms with E-state index in [2.05, 4.69) is 10.3 Å². The minimum absolute atomic E-state index is 0.0921. The second-order valence-corrected chi connectivity index (χ2v) is 5.73. The molecule has 6 nitrogen and oxygen atoms in total. The molecule has 2 saturated heterocycles. The van der Waals surface area contributed by atoms with Crippen LogP contribution in [0.25, 0.3) is 0 Å². The summed E-state index contributed by atoms with van der Waals surface area (Å²) in [6, 6.07) is 3.67. The van der Waals surface area contributed by atoms with E-state index in [1.54, 1.807) is 17.3 Å². The van der Waals surface area contributed by atoms with E-state index in [0.29, 0.717) is 13.0 Å². The number of aromatic nitrogens is 1. The lowest BCUT2D eigenvalue weighted by molar-refractivity contribution is -0.142. The second-order valence-electron chi connectivity index (χ2n) is 5.73. The van der Waals surface area contributed by atoms with Crippen molar-refractivity contribution in [3.8, 4) is 0 Å². The van der Waals surface area contributed by atoms with Crippen LogP contribution in [0.5, 0.6) is 0 Å². The van der Waals surface area contributed by atoms with Crippen molar-refractivity contribution in [3.63, 3.8) is 0 Å². The molecule has 2 amide bonds. The summed E-state index contributed by atoms with van der Waals surface area (Å²) >= 11 is 0. The number of carbonyl (C=O) groups is 2. The summed E-state index contributed by atoms with van der Waals surface area (Å²) in [6.45, 7) is 0.540. The van der Waals surface area contributed by atoms with Crippen molar-refractivity contribution in [3.05, 3.63) is 30.1 Å². The monoisotopic (exact) mass is 289 g/mol. The van der Waals surface area contributed by atoms with E-state index in [0.717, 1.165) is 24.8 Å². The average Bonchev–Trinajstić information content (AvgIpc) is 3.06. The van der Waals surface area contributed by atoms with Crippen LogP contribution in [-0.4, -0.2) is 45.6 Å². The zero-order valence-corrected chi connectivity index (χ0v) is 11.7. The summed E-state index contributed by atoms with van der Waals surface area (Å²) in [5.74, 6) is -1.18. The van der Waals surface area contributed by atoms with E-state index in [-0.39, 0.29) is 18.1 Å². The SMILES string of the molecule is O=C(O)C1CC2CCC1N2C(=O)NCCc1cccnc1. The molecule has 2 aliphatic rings. The van der Waals surface area contributed by atoms with Crippen LogP contribution in [0, 0.1) is 5.92 Å². The van der Waals surface area contributed by atoms with Gasteiger partial charge < -0.3 is 15.3 Å². The van der Waals surface area contributed by atoms with E-state index in [1.807, 2.05) is 12.1 Å². The smallest absolute Gasteiger partial charge is 0.317 e. The van der Waals surface area contributed by atoms with E-state index < -0.39 is 11.9 Å². The van der Waals surface area contributed by atoms with Gasteiger partial charge in [0.15, 0.2) is 0 Å². The maximum absolute atomic E-state index is 12.3. The largest absolute Gasteiger partial charge is 0.481 e. The molecule has 112 valence electrons. The molecule has 0 saturated carbocycles. The van der Waals surface area contributed by atoms with Gasteiger partial charge in [0.2, 0.25) is 0 Å². The van der Waals surface area contributed by atoms with E-state index in [9.17, 15) is 14.7 Å². The van der Waals surface area contributed by atoms with Gasteiger partial charge in [-0.25, -0.2) is 4.79 Å². The van der Waals surface area contributed by atoms with Gasteiger partial charge in [0.25, 0.3) is 0 Å². The maximum atomic E-state index is 12.3. The summed E-state index contributed by atoms with van der Waals surface area (Å²) in [6.07, 6.45) is 6.55. The lowest BCUT2D eigenvalue weighted by atomic mass is 9.89. The van der Waals surface area contributed by atoms with Crippen LogP contribution in [0.3, 0.4) is 0 Å². The predicted molar refractivity (Wildman–Crippen MR) is 75.7 cm³/mol. The number of hydrogen-bond acceptors (Lipinski definition) is 3. The highest BCUT2D eigenvalue weighted by molar-refractivity contribution is 5.79. The molecule has 3 unspecified atom stereocenters. The van der Waals surface area contributed by atoms with Crippen molar-refractivity contribution in [1.82, 2.24) is 15.2 Å². The summed E-state index contributed by atoms with van der Waals surface area (Å²) in [4.78, 5) is 29.3. The molecule has 2 N–H and O–H groups in total. The zero-order chi connectivity index (χ0) is 14.8. The van der Waals surface area contributed by atoms with Crippen molar-refractivity contribution in [1.29, 1.82) is 0 Å². The molecule has 3 heterocycles. The van der Waals surface area contributed by atoms with Crippen molar-refractivity contribution in [2.45, 2.75) is 37.8 Å². The lowest BCUT2D eigenvalue weighted by Gasteiger charge is -2.23. The molecule has 0 spiro atoms. The van der Waals surface area contributed by atoms with E-state index in [1.165, 1.54) is 0 Å². The van der Waals surface area contributed by atoms with Crippen LogP contribution in [0.1, 0.15) is 24.8 Å². The third kappa shape index (κ3) is 2.70. The highest BCUT2D eigenvalue weighted by Gasteiger charge is 2.51. The number of nitrogens with zero attached hydrogens (tertiary/aromatic N) is 2. The molecule has 0 radical (unpaired) electrons. The third-order valence-electron chi connectivity index (χ3n) is 4.50. The van der Waals surface area contributed by atoms with Gasteiger partial charge in [0, 0.05) is 31.0 Å². The van der Waals surface area contributed by atoms with Gasteiger partial charge in [-0.1, -0.05) is 6.07 Å². The first-order valence-electron chi connectivity index (χ1n) is 7.34. The van der Waals surface area contributed by atoms with Crippen molar-refractivity contribution in [2.24, 2.45) is 5.92 Å². The van der Waals surface area contributed by atoms with Gasteiger partial charge in [-0.3, -0.25) is 9.78 Å². The first-order chi connectivity index (χ1) is 10.2. The number of carboxylic acid groups (broad SMARTS) is 1. The highest BCUT2D eigenvalue weighted by atomic mass is 16.4.